The van der Waals surface area contributed by atoms with E-state index in [0.717, 1.165) is 0 Å². The smallest absolute Gasteiger partial charge is 0.156 e. The molecule has 27 heavy (non-hydrogen) atoms. The lowest BCUT2D eigenvalue weighted by molar-refractivity contribution is 0.711. The summed E-state index contributed by atoms with van der Waals surface area (Å²) < 4.78 is 0.645. The minimum atomic E-state index is 0.645. The molecule has 0 saturated heterocycles. The van der Waals surface area contributed by atoms with E-state index in [1.165, 1.54) is 45.0 Å². The van der Waals surface area contributed by atoms with Gasteiger partial charge < -0.3 is 0 Å². The Balaban J connectivity index is 2.03. The molecule has 1 nitrogen and oxygen atoms in total. The van der Waals surface area contributed by atoms with Gasteiger partial charge >= 0.3 is 0 Å². The second-order valence-corrected chi connectivity index (χ2v) is 7.28. The van der Waals surface area contributed by atoms with Crippen molar-refractivity contribution >= 4 is 22.7 Å². The number of quaternary nitrogens is 1. The average molecular weight is 348 g/mol. The lowest BCUT2D eigenvalue weighted by atomic mass is 10.0. The number of fused-ring (bicyclic) bond motifs is 3. The Kier molecular flexibility index (Phi) is 3.53. The van der Waals surface area contributed by atoms with Crippen molar-refractivity contribution in [2.45, 2.75) is 13.8 Å². The summed E-state index contributed by atoms with van der Waals surface area (Å²) in [4.78, 5) is 0. The topological polar surface area (TPSA) is 0 Å². The molecule has 0 N–H and O–H groups in total. The Bertz CT molecular complexity index is 1060. The van der Waals surface area contributed by atoms with Gasteiger partial charge in [-0.2, -0.15) is 4.48 Å². The molecule has 130 valence electrons. The van der Waals surface area contributed by atoms with Gasteiger partial charge in [-0.1, -0.05) is 60.7 Å². The van der Waals surface area contributed by atoms with Crippen molar-refractivity contribution in [3.8, 4) is 11.1 Å². The zero-order valence-electron chi connectivity index (χ0n) is 15.7. The summed E-state index contributed by atoms with van der Waals surface area (Å²) in [7, 11) is 0. The maximum atomic E-state index is 2.29. The summed E-state index contributed by atoms with van der Waals surface area (Å²) in [6.45, 7) is 4.44. The fraction of sp³-hybridized carbons (Fsp3) is 0.0769. The molecule has 0 unspecified atom stereocenters. The first-order valence-electron chi connectivity index (χ1n) is 9.45. The number of para-hydroxylation sites is 4. The minimum absolute atomic E-state index is 0.645. The van der Waals surface area contributed by atoms with Gasteiger partial charge in [0.05, 0.1) is 11.1 Å². The number of hydrogen-bond donors (Lipinski definition) is 0. The van der Waals surface area contributed by atoms with E-state index in [-0.39, 0.29) is 0 Å². The van der Waals surface area contributed by atoms with Crippen LogP contribution in [0.2, 0.25) is 0 Å². The van der Waals surface area contributed by atoms with E-state index in [0.29, 0.717) is 4.48 Å². The van der Waals surface area contributed by atoms with Crippen LogP contribution in [-0.2, 0) is 0 Å². The summed E-state index contributed by atoms with van der Waals surface area (Å²) in [5.41, 5.74) is 10.5. The summed E-state index contributed by atoms with van der Waals surface area (Å²) in [5.74, 6) is 0. The van der Waals surface area contributed by atoms with Gasteiger partial charge in [0.1, 0.15) is 0 Å². The number of nitrogens with zero attached hydrogens (tertiary/aromatic N) is 1. The molecule has 4 aromatic carbocycles. The van der Waals surface area contributed by atoms with Crippen LogP contribution in [0.3, 0.4) is 0 Å². The van der Waals surface area contributed by atoms with Crippen molar-refractivity contribution in [3.63, 3.8) is 0 Å². The number of rotatable bonds is 2. The standard InChI is InChI=1S/C26H22N/c1-19-11-3-7-15-23(19)27(24-16-8-4-12-20(24)2)25-17-9-5-13-21(25)22-14-6-10-18-26(22)27/h3-18H,1-2H3/q+1. The molecule has 0 spiro atoms. The van der Waals surface area contributed by atoms with Crippen molar-refractivity contribution in [2.75, 3.05) is 0 Å². The molecule has 0 bridgehead atoms. The summed E-state index contributed by atoms with van der Waals surface area (Å²) in [6.07, 6.45) is 0. The molecule has 0 amide bonds. The van der Waals surface area contributed by atoms with Gasteiger partial charge in [-0.15, -0.1) is 0 Å². The lowest BCUT2D eigenvalue weighted by Crippen LogP contribution is -2.32. The lowest BCUT2D eigenvalue weighted by Gasteiger charge is -2.36. The van der Waals surface area contributed by atoms with Crippen molar-refractivity contribution in [2.24, 2.45) is 0 Å². The van der Waals surface area contributed by atoms with E-state index in [4.69, 9.17) is 0 Å². The molecule has 1 aliphatic heterocycles. The molecule has 0 fully saturated rings. The summed E-state index contributed by atoms with van der Waals surface area (Å²) in [5, 5.41) is 0. The predicted octanol–water partition coefficient (Wildman–Crippen LogP) is 7.59. The maximum Gasteiger partial charge on any atom is 0.156 e. The molecule has 0 aromatic heterocycles. The van der Waals surface area contributed by atoms with Crippen LogP contribution < -0.4 is 4.48 Å². The zero-order chi connectivity index (χ0) is 18.4. The fourth-order valence-electron chi connectivity index (χ4n) is 4.65. The fourth-order valence-corrected chi connectivity index (χ4v) is 4.65. The molecule has 0 radical (unpaired) electrons. The third kappa shape index (κ3) is 2.09. The Hall–Kier alpha value is -3.16. The highest BCUT2D eigenvalue weighted by molar-refractivity contribution is 6.03. The predicted molar refractivity (Wildman–Crippen MR) is 115 cm³/mol. The second-order valence-electron chi connectivity index (χ2n) is 7.28. The first-order chi connectivity index (χ1) is 13.2. The minimum Gasteiger partial charge on any atom is -0.193 e. The molecule has 1 aliphatic rings. The van der Waals surface area contributed by atoms with Gasteiger partial charge in [0.2, 0.25) is 0 Å². The number of aryl methyl sites for hydroxylation is 2. The van der Waals surface area contributed by atoms with Crippen molar-refractivity contribution < 1.29 is 0 Å². The third-order valence-electron chi connectivity index (χ3n) is 5.77. The highest BCUT2D eigenvalue weighted by atomic mass is 15.4. The summed E-state index contributed by atoms with van der Waals surface area (Å²) in [6, 6.07) is 35.3. The Labute approximate surface area is 160 Å². The van der Waals surface area contributed by atoms with Gasteiger partial charge in [-0.3, -0.25) is 0 Å². The Morgan fingerprint density at radius 3 is 1.15 bits per heavy atom. The molecule has 5 rings (SSSR count). The van der Waals surface area contributed by atoms with Crippen LogP contribution in [0.4, 0.5) is 22.7 Å². The molecule has 0 aliphatic carbocycles. The molecular formula is C26H22N+. The quantitative estimate of drug-likeness (QED) is 0.288. The van der Waals surface area contributed by atoms with Gasteiger partial charge in [-0.25, -0.2) is 0 Å². The SMILES string of the molecule is Cc1ccccc1[N+]1(c2ccccc2C)c2ccccc2-c2ccccc21. The third-order valence-corrected chi connectivity index (χ3v) is 5.77. The zero-order valence-corrected chi connectivity index (χ0v) is 15.7. The normalized spacial score (nSPS) is 13.9. The van der Waals surface area contributed by atoms with Gasteiger partial charge in [0.25, 0.3) is 0 Å². The molecule has 4 aromatic rings. The first kappa shape index (κ1) is 16.0. The van der Waals surface area contributed by atoms with E-state index in [1.54, 1.807) is 0 Å². The molecule has 0 saturated carbocycles. The largest absolute Gasteiger partial charge is 0.193 e. The van der Waals surface area contributed by atoms with E-state index in [2.05, 4.69) is 111 Å². The summed E-state index contributed by atoms with van der Waals surface area (Å²) >= 11 is 0. The van der Waals surface area contributed by atoms with E-state index in [9.17, 15) is 0 Å². The first-order valence-corrected chi connectivity index (χ1v) is 9.45. The average Bonchev–Trinajstić information content (AvgIpc) is 3.00. The Morgan fingerprint density at radius 2 is 0.741 bits per heavy atom. The number of benzene rings is 4. The monoisotopic (exact) mass is 348 g/mol. The van der Waals surface area contributed by atoms with Crippen LogP contribution in [0.15, 0.2) is 97.1 Å². The molecule has 0 atom stereocenters. The van der Waals surface area contributed by atoms with Crippen LogP contribution >= 0.6 is 0 Å². The van der Waals surface area contributed by atoms with Gasteiger partial charge in [-0.05, 0) is 26.0 Å². The van der Waals surface area contributed by atoms with Gasteiger partial charge in [0, 0.05) is 35.4 Å². The maximum absolute atomic E-state index is 2.29. The van der Waals surface area contributed by atoms with Crippen LogP contribution in [0.1, 0.15) is 11.1 Å². The van der Waals surface area contributed by atoms with E-state index >= 15 is 0 Å². The van der Waals surface area contributed by atoms with Crippen molar-refractivity contribution in [1.82, 2.24) is 4.48 Å². The van der Waals surface area contributed by atoms with E-state index < -0.39 is 0 Å². The molecule has 1 heterocycles. The highest BCUT2D eigenvalue weighted by Crippen LogP contribution is 2.63. The molecular weight excluding hydrogens is 326 g/mol. The number of hydrogen-bond acceptors (Lipinski definition) is 0. The van der Waals surface area contributed by atoms with Crippen LogP contribution in [0, 0.1) is 13.8 Å². The van der Waals surface area contributed by atoms with Crippen LogP contribution in [-0.4, -0.2) is 0 Å². The molecule has 1 heteroatoms. The van der Waals surface area contributed by atoms with Gasteiger partial charge in [0.15, 0.2) is 22.7 Å². The van der Waals surface area contributed by atoms with E-state index in [1.807, 2.05) is 0 Å². The Morgan fingerprint density at radius 1 is 0.407 bits per heavy atom. The van der Waals surface area contributed by atoms with Crippen molar-refractivity contribution in [1.29, 1.82) is 0 Å². The van der Waals surface area contributed by atoms with Crippen LogP contribution in [0.25, 0.3) is 11.1 Å². The van der Waals surface area contributed by atoms with Crippen LogP contribution in [0.5, 0.6) is 0 Å². The second kappa shape index (κ2) is 5.94. The van der Waals surface area contributed by atoms with Crippen molar-refractivity contribution in [3.05, 3.63) is 108 Å². The highest BCUT2D eigenvalue weighted by Gasteiger charge is 2.48.